The van der Waals surface area contributed by atoms with Crippen molar-refractivity contribution < 1.29 is 19.1 Å². The van der Waals surface area contributed by atoms with Crippen molar-refractivity contribution in [3.05, 3.63) is 60.7 Å². The van der Waals surface area contributed by atoms with Crippen LogP contribution in [0.3, 0.4) is 0 Å². The lowest BCUT2D eigenvalue weighted by atomic mass is 9.88. The van der Waals surface area contributed by atoms with Crippen LogP contribution >= 0.6 is 0 Å². The van der Waals surface area contributed by atoms with Gasteiger partial charge in [0.2, 0.25) is 0 Å². The number of rotatable bonds is 8. The van der Waals surface area contributed by atoms with Gasteiger partial charge in [-0.2, -0.15) is 0 Å². The van der Waals surface area contributed by atoms with E-state index in [9.17, 15) is 9.59 Å². The topological polar surface area (TPSA) is 65.0 Å². The van der Waals surface area contributed by atoms with Gasteiger partial charge in [-0.15, -0.1) is 6.58 Å². The summed E-state index contributed by atoms with van der Waals surface area (Å²) in [7, 11) is 0. The molecule has 1 aliphatic heterocycles. The number of ether oxygens (including phenoxy) is 2. The van der Waals surface area contributed by atoms with Crippen molar-refractivity contribution in [2.75, 3.05) is 13.2 Å². The molecule has 2 aromatic rings. The summed E-state index contributed by atoms with van der Waals surface area (Å²) in [6, 6.07) is 14.5. The third kappa shape index (κ3) is 4.09. The molecule has 1 heterocycles. The zero-order valence-electron chi connectivity index (χ0n) is 17.0. The van der Waals surface area contributed by atoms with E-state index in [1.807, 2.05) is 18.2 Å². The lowest BCUT2D eigenvalue weighted by Gasteiger charge is -2.21. The summed E-state index contributed by atoms with van der Waals surface area (Å²) in [4.78, 5) is 30.0. The zero-order valence-corrected chi connectivity index (χ0v) is 17.0. The highest BCUT2D eigenvalue weighted by molar-refractivity contribution is 6.10. The number of nitrogens with zero attached hydrogens (tertiary/aromatic N) is 1. The smallest absolute Gasteiger partial charge is 0.345 e. The van der Waals surface area contributed by atoms with Crippen LogP contribution in [0.2, 0.25) is 0 Å². The lowest BCUT2D eigenvalue weighted by Crippen LogP contribution is -2.45. The van der Waals surface area contributed by atoms with E-state index in [1.54, 1.807) is 13.8 Å². The minimum Gasteiger partial charge on any atom is -0.464 e. The Labute approximate surface area is 171 Å². The van der Waals surface area contributed by atoms with Crippen molar-refractivity contribution >= 4 is 28.4 Å². The zero-order chi connectivity index (χ0) is 20.9. The minimum atomic E-state index is -1.60. The van der Waals surface area contributed by atoms with Crippen molar-refractivity contribution in [3.63, 3.8) is 0 Å². The van der Waals surface area contributed by atoms with Gasteiger partial charge in [-0.25, -0.2) is 9.59 Å². The Bertz CT molecular complexity index is 929. The van der Waals surface area contributed by atoms with Crippen LogP contribution in [-0.4, -0.2) is 36.4 Å². The molecule has 0 fully saturated rings. The van der Waals surface area contributed by atoms with Gasteiger partial charge in [0, 0.05) is 11.6 Å². The van der Waals surface area contributed by atoms with Crippen LogP contribution in [0, 0.1) is 0 Å². The summed E-state index contributed by atoms with van der Waals surface area (Å²) in [5, 5.41) is 2.30. The van der Waals surface area contributed by atoms with Crippen LogP contribution in [0.25, 0.3) is 10.8 Å². The quantitative estimate of drug-likeness (QED) is 0.373. The second-order valence-corrected chi connectivity index (χ2v) is 7.09. The van der Waals surface area contributed by atoms with E-state index < -0.39 is 17.5 Å². The largest absolute Gasteiger partial charge is 0.464 e. The normalized spacial score (nSPS) is 16.1. The fraction of sp³-hybridized carbons (Fsp3) is 0.375. The molecule has 0 radical (unpaired) electrons. The average molecular weight is 393 g/mol. The van der Waals surface area contributed by atoms with E-state index in [0.29, 0.717) is 12.8 Å². The van der Waals surface area contributed by atoms with Gasteiger partial charge < -0.3 is 9.47 Å². The maximum Gasteiger partial charge on any atom is 0.345 e. The first-order chi connectivity index (χ1) is 14.1. The highest BCUT2D eigenvalue weighted by Gasteiger charge is 2.52. The fourth-order valence-corrected chi connectivity index (χ4v) is 3.85. The summed E-state index contributed by atoms with van der Waals surface area (Å²) in [5.41, 5.74) is 0.296. The molecule has 0 amide bonds. The second kappa shape index (κ2) is 9.03. The Morgan fingerprint density at radius 2 is 1.76 bits per heavy atom. The number of allylic oxidation sites excluding steroid dienone is 1. The van der Waals surface area contributed by atoms with Crippen molar-refractivity contribution in [2.45, 2.75) is 44.6 Å². The number of esters is 2. The Morgan fingerprint density at radius 1 is 1.10 bits per heavy atom. The van der Waals surface area contributed by atoms with E-state index in [0.717, 1.165) is 22.0 Å². The average Bonchev–Trinajstić information content (AvgIpc) is 3.18. The van der Waals surface area contributed by atoms with Crippen LogP contribution in [0.4, 0.5) is 0 Å². The Kier molecular flexibility index (Phi) is 6.47. The van der Waals surface area contributed by atoms with E-state index in [4.69, 9.17) is 9.47 Å². The van der Waals surface area contributed by atoms with Crippen LogP contribution in [0.1, 0.15) is 44.6 Å². The number of carbonyl (C=O) groups excluding carboxylic acids is 2. The first-order valence-corrected chi connectivity index (χ1v) is 10.1. The molecule has 0 N–H and O–H groups in total. The lowest BCUT2D eigenvalue weighted by molar-refractivity contribution is -0.163. The van der Waals surface area contributed by atoms with Crippen LogP contribution in [0.5, 0.6) is 0 Å². The fourth-order valence-electron chi connectivity index (χ4n) is 3.85. The Morgan fingerprint density at radius 3 is 2.38 bits per heavy atom. The van der Waals surface area contributed by atoms with Gasteiger partial charge in [-0.05, 0) is 49.4 Å². The molecular formula is C24H27NO4. The van der Waals surface area contributed by atoms with E-state index in [1.165, 1.54) is 0 Å². The van der Waals surface area contributed by atoms with Crippen LogP contribution < -0.4 is 0 Å². The molecule has 0 aromatic heterocycles. The van der Waals surface area contributed by atoms with Gasteiger partial charge >= 0.3 is 11.9 Å². The molecule has 5 heteroatoms. The Hall–Kier alpha value is -2.95. The van der Waals surface area contributed by atoms with Crippen LogP contribution in [0.15, 0.2) is 60.1 Å². The molecule has 2 aromatic carbocycles. The molecule has 1 atom stereocenters. The minimum absolute atomic E-state index is 0.0529. The van der Waals surface area contributed by atoms with Crippen molar-refractivity contribution in [1.82, 2.24) is 0 Å². The number of hydrogen-bond donors (Lipinski definition) is 0. The maximum absolute atomic E-state index is 12.7. The molecule has 1 unspecified atom stereocenters. The molecule has 0 spiro atoms. The summed E-state index contributed by atoms with van der Waals surface area (Å²) in [6.07, 6.45) is 3.31. The molecule has 5 nitrogen and oxygen atoms in total. The third-order valence-corrected chi connectivity index (χ3v) is 5.28. The summed E-state index contributed by atoms with van der Waals surface area (Å²) < 4.78 is 10.4. The van der Waals surface area contributed by atoms with Crippen molar-refractivity contribution in [2.24, 2.45) is 4.99 Å². The first kappa shape index (κ1) is 20.8. The molecule has 0 saturated heterocycles. The SMILES string of the molecule is C=CCC(C1=NC(C(=O)OCC)(C(=O)OCC)CC1)c1ccc2ccccc2c1. The number of aliphatic imine (C=N–C) groups is 1. The Balaban J connectivity index is 2.02. The van der Waals surface area contributed by atoms with Crippen molar-refractivity contribution in [3.8, 4) is 0 Å². The van der Waals surface area contributed by atoms with Gasteiger partial charge in [0.15, 0.2) is 0 Å². The molecule has 29 heavy (non-hydrogen) atoms. The standard InChI is InChI=1S/C24H27NO4/c1-4-9-20(19-13-12-17-10-7-8-11-18(17)16-19)21-14-15-24(25-21,22(26)28-5-2)23(27)29-6-3/h4,7-8,10-13,16,20H,1,5-6,9,14-15H2,2-3H3. The maximum atomic E-state index is 12.7. The van der Waals surface area contributed by atoms with Gasteiger partial charge in [-0.3, -0.25) is 4.99 Å². The molecular weight excluding hydrogens is 366 g/mol. The second-order valence-electron chi connectivity index (χ2n) is 7.09. The highest BCUT2D eigenvalue weighted by atomic mass is 16.6. The molecule has 0 bridgehead atoms. The number of carbonyl (C=O) groups is 2. The van der Waals surface area contributed by atoms with Crippen molar-refractivity contribution in [1.29, 1.82) is 0 Å². The number of hydrogen-bond acceptors (Lipinski definition) is 5. The predicted molar refractivity (Wildman–Crippen MR) is 114 cm³/mol. The monoisotopic (exact) mass is 393 g/mol. The third-order valence-electron chi connectivity index (χ3n) is 5.28. The predicted octanol–water partition coefficient (Wildman–Crippen LogP) is 4.60. The summed E-state index contributed by atoms with van der Waals surface area (Å²) in [6.45, 7) is 7.69. The van der Waals surface area contributed by atoms with Gasteiger partial charge in [0.05, 0.1) is 13.2 Å². The first-order valence-electron chi connectivity index (χ1n) is 10.1. The van der Waals surface area contributed by atoms with Gasteiger partial charge in [-0.1, -0.05) is 48.5 Å². The molecule has 152 valence electrons. The summed E-state index contributed by atoms with van der Waals surface area (Å²) in [5.74, 6) is -1.32. The van der Waals surface area contributed by atoms with Gasteiger partial charge in [0.1, 0.15) is 0 Å². The molecule has 1 aliphatic rings. The van der Waals surface area contributed by atoms with E-state index in [2.05, 4.69) is 41.9 Å². The van der Waals surface area contributed by atoms with Crippen LogP contribution in [-0.2, 0) is 19.1 Å². The van der Waals surface area contributed by atoms with Gasteiger partial charge in [0.25, 0.3) is 5.54 Å². The molecule has 3 rings (SSSR count). The summed E-state index contributed by atoms with van der Waals surface area (Å²) >= 11 is 0. The molecule has 0 aliphatic carbocycles. The number of fused-ring (bicyclic) bond motifs is 1. The number of benzene rings is 2. The molecule has 0 saturated carbocycles. The van der Waals surface area contributed by atoms with E-state index in [-0.39, 0.29) is 25.6 Å². The highest BCUT2D eigenvalue weighted by Crippen LogP contribution is 2.36. The van der Waals surface area contributed by atoms with E-state index >= 15 is 0 Å².